The summed E-state index contributed by atoms with van der Waals surface area (Å²) in [5, 5.41) is 6.25. The van der Waals surface area contributed by atoms with Crippen LogP contribution in [0.4, 0.5) is 0 Å². The van der Waals surface area contributed by atoms with Crippen molar-refractivity contribution in [3.8, 4) is 0 Å². The van der Waals surface area contributed by atoms with Crippen LogP contribution in [0.1, 0.15) is 34.7 Å². The van der Waals surface area contributed by atoms with Crippen LogP contribution in [0, 0.1) is 6.92 Å². The van der Waals surface area contributed by atoms with Crippen molar-refractivity contribution in [1.82, 2.24) is 20.2 Å². The molecule has 5 nitrogen and oxygen atoms in total. The molecule has 0 saturated carbocycles. The molecule has 1 unspecified atom stereocenters. The van der Waals surface area contributed by atoms with Gasteiger partial charge >= 0.3 is 0 Å². The lowest BCUT2D eigenvalue weighted by atomic mass is 10.1. The van der Waals surface area contributed by atoms with Crippen molar-refractivity contribution < 1.29 is 4.79 Å². The standard InChI is InChI=1S/C16H22N4O/c1-12-4-6-14(7-5-12)16(21)19-9-8-17-13(2)15-18-10-11-20(15)3/h4-7,10-11,13,17H,8-9H2,1-3H3,(H,19,21). The van der Waals surface area contributed by atoms with E-state index in [0.717, 1.165) is 11.4 Å². The Hall–Kier alpha value is -2.14. The Morgan fingerprint density at radius 1 is 1.29 bits per heavy atom. The van der Waals surface area contributed by atoms with Crippen molar-refractivity contribution in [2.45, 2.75) is 19.9 Å². The van der Waals surface area contributed by atoms with E-state index >= 15 is 0 Å². The molecular formula is C16H22N4O. The number of hydrogen-bond donors (Lipinski definition) is 2. The zero-order valence-corrected chi connectivity index (χ0v) is 12.8. The summed E-state index contributed by atoms with van der Waals surface area (Å²) in [6, 6.07) is 7.72. The average Bonchev–Trinajstić information content (AvgIpc) is 2.90. The largest absolute Gasteiger partial charge is 0.351 e. The molecule has 21 heavy (non-hydrogen) atoms. The van der Waals surface area contributed by atoms with E-state index in [1.54, 1.807) is 6.20 Å². The fourth-order valence-corrected chi connectivity index (χ4v) is 2.16. The first kappa shape index (κ1) is 15.3. The molecule has 1 aromatic carbocycles. The molecule has 1 heterocycles. The highest BCUT2D eigenvalue weighted by Crippen LogP contribution is 2.07. The van der Waals surface area contributed by atoms with Crippen LogP contribution in [0.25, 0.3) is 0 Å². The third-order valence-corrected chi connectivity index (χ3v) is 3.42. The zero-order valence-electron chi connectivity index (χ0n) is 12.8. The molecule has 1 aromatic heterocycles. The van der Waals surface area contributed by atoms with Crippen molar-refractivity contribution in [3.05, 3.63) is 53.6 Å². The molecule has 0 radical (unpaired) electrons. The predicted molar refractivity (Wildman–Crippen MR) is 83.1 cm³/mol. The summed E-state index contributed by atoms with van der Waals surface area (Å²) < 4.78 is 1.99. The van der Waals surface area contributed by atoms with Gasteiger partial charge in [0.1, 0.15) is 5.82 Å². The van der Waals surface area contributed by atoms with Gasteiger partial charge < -0.3 is 15.2 Å². The molecule has 2 N–H and O–H groups in total. The number of nitrogens with one attached hydrogen (secondary N) is 2. The van der Waals surface area contributed by atoms with Crippen LogP contribution in [-0.4, -0.2) is 28.5 Å². The molecule has 0 bridgehead atoms. The van der Waals surface area contributed by atoms with E-state index < -0.39 is 0 Å². The molecule has 1 atom stereocenters. The second kappa shape index (κ2) is 7.04. The van der Waals surface area contributed by atoms with Crippen molar-refractivity contribution >= 4 is 5.91 Å². The maximum atomic E-state index is 11.9. The second-order valence-electron chi connectivity index (χ2n) is 5.19. The maximum absolute atomic E-state index is 11.9. The molecule has 0 aliphatic heterocycles. The van der Waals surface area contributed by atoms with Gasteiger partial charge in [-0.25, -0.2) is 4.98 Å². The van der Waals surface area contributed by atoms with Gasteiger partial charge in [-0.2, -0.15) is 0 Å². The van der Waals surface area contributed by atoms with E-state index in [-0.39, 0.29) is 11.9 Å². The lowest BCUT2D eigenvalue weighted by Gasteiger charge is -2.14. The highest BCUT2D eigenvalue weighted by molar-refractivity contribution is 5.94. The number of nitrogens with zero attached hydrogens (tertiary/aromatic N) is 2. The molecule has 2 aromatic rings. The summed E-state index contributed by atoms with van der Waals surface area (Å²) in [4.78, 5) is 16.2. The Balaban J connectivity index is 1.73. The minimum absolute atomic E-state index is 0.0403. The molecule has 2 rings (SSSR count). The Labute approximate surface area is 125 Å². The monoisotopic (exact) mass is 286 g/mol. The van der Waals surface area contributed by atoms with Crippen molar-refractivity contribution in [2.75, 3.05) is 13.1 Å². The van der Waals surface area contributed by atoms with Gasteiger partial charge in [-0.3, -0.25) is 4.79 Å². The summed E-state index contributed by atoms with van der Waals surface area (Å²) in [5.41, 5.74) is 1.84. The fraction of sp³-hybridized carbons (Fsp3) is 0.375. The highest BCUT2D eigenvalue weighted by atomic mass is 16.1. The molecular weight excluding hydrogens is 264 g/mol. The molecule has 0 spiro atoms. The van der Waals surface area contributed by atoms with Gasteiger partial charge in [-0.05, 0) is 26.0 Å². The number of amides is 1. The SMILES string of the molecule is Cc1ccc(C(=O)NCCNC(C)c2nccn2C)cc1. The molecule has 112 valence electrons. The summed E-state index contributed by atoms with van der Waals surface area (Å²) >= 11 is 0. The van der Waals surface area contributed by atoms with Crippen LogP contribution in [-0.2, 0) is 7.05 Å². The lowest BCUT2D eigenvalue weighted by Crippen LogP contribution is -2.33. The molecule has 0 aliphatic carbocycles. The number of aromatic nitrogens is 2. The Morgan fingerprint density at radius 2 is 2.00 bits per heavy atom. The summed E-state index contributed by atoms with van der Waals surface area (Å²) in [7, 11) is 1.97. The summed E-state index contributed by atoms with van der Waals surface area (Å²) in [6.07, 6.45) is 3.71. The number of carbonyl (C=O) groups excluding carboxylic acids is 1. The Bertz CT molecular complexity index is 589. The smallest absolute Gasteiger partial charge is 0.251 e. The summed E-state index contributed by atoms with van der Waals surface area (Å²) in [6.45, 7) is 5.35. The normalized spacial score (nSPS) is 12.1. The first-order valence-electron chi connectivity index (χ1n) is 7.13. The molecule has 0 saturated heterocycles. The first-order chi connectivity index (χ1) is 10.1. The number of rotatable bonds is 6. The Kier molecular flexibility index (Phi) is 5.11. The van der Waals surface area contributed by atoms with Gasteiger partial charge in [0.15, 0.2) is 0 Å². The number of aryl methyl sites for hydroxylation is 2. The minimum Gasteiger partial charge on any atom is -0.351 e. The fourth-order valence-electron chi connectivity index (χ4n) is 2.16. The van der Waals surface area contributed by atoms with Crippen molar-refractivity contribution in [3.63, 3.8) is 0 Å². The molecule has 1 amide bonds. The molecule has 5 heteroatoms. The van der Waals surface area contributed by atoms with Crippen LogP contribution >= 0.6 is 0 Å². The molecule has 0 aliphatic rings. The second-order valence-corrected chi connectivity index (χ2v) is 5.19. The average molecular weight is 286 g/mol. The van der Waals surface area contributed by atoms with E-state index in [0.29, 0.717) is 18.7 Å². The first-order valence-corrected chi connectivity index (χ1v) is 7.13. The van der Waals surface area contributed by atoms with E-state index in [9.17, 15) is 4.79 Å². The van der Waals surface area contributed by atoms with E-state index in [2.05, 4.69) is 22.5 Å². The summed E-state index contributed by atoms with van der Waals surface area (Å²) in [5.74, 6) is 0.946. The van der Waals surface area contributed by atoms with Gasteiger partial charge in [-0.15, -0.1) is 0 Å². The quantitative estimate of drug-likeness (QED) is 0.796. The Morgan fingerprint density at radius 3 is 2.62 bits per heavy atom. The van der Waals surface area contributed by atoms with Gasteiger partial charge in [0.2, 0.25) is 0 Å². The lowest BCUT2D eigenvalue weighted by molar-refractivity contribution is 0.0953. The third kappa shape index (κ3) is 4.16. The number of carbonyl (C=O) groups is 1. The van der Waals surface area contributed by atoms with Gasteiger partial charge in [0.05, 0.1) is 6.04 Å². The van der Waals surface area contributed by atoms with Crippen LogP contribution < -0.4 is 10.6 Å². The van der Waals surface area contributed by atoms with E-state index in [1.807, 2.05) is 49.0 Å². The number of imidazole rings is 1. The van der Waals surface area contributed by atoms with Gasteiger partial charge in [0, 0.05) is 38.1 Å². The highest BCUT2D eigenvalue weighted by Gasteiger charge is 2.09. The van der Waals surface area contributed by atoms with Crippen LogP contribution in [0.15, 0.2) is 36.7 Å². The van der Waals surface area contributed by atoms with Gasteiger partial charge in [-0.1, -0.05) is 17.7 Å². The van der Waals surface area contributed by atoms with Crippen molar-refractivity contribution in [2.24, 2.45) is 7.05 Å². The number of hydrogen-bond acceptors (Lipinski definition) is 3. The number of benzene rings is 1. The maximum Gasteiger partial charge on any atom is 0.251 e. The zero-order chi connectivity index (χ0) is 15.2. The van der Waals surface area contributed by atoms with Crippen LogP contribution in [0.3, 0.4) is 0 Å². The predicted octanol–water partition coefficient (Wildman–Crippen LogP) is 1.81. The topological polar surface area (TPSA) is 59.0 Å². The van der Waals surface area contributed by atoms with Crippen LogP contribution in [0.5, 0.6) is 0 Å². The molecule has 0 fully saturated rings. The minimum atomic E-state index is -0.0403. The van der Waals surface area contributed by atoms with Crippen LogP contribution in [0.2, 0.25) is 0 Å². The van der Waals surface area contributed by atoms with Gasteiger partial charge in [0.25, 0.3) is 5.91 Å². The third-order valence-electron chi connectivity index (χ3n) is 3.42. The van der Waals surface area contributed by atoms with Crippen molar-refractivity contribution in [1.29, 1.82) is 0 Å². The van der Waals surface area contributed by atoms with E-state index in [4.69, 9.17) is 0 Å². The van der Waals surface area contributed by atoms with E-state index in [1.165, 1.54) is 0 Å².